The summed E-state index contributed by atoms with van der Waals surface area (Å²) in [6.45, 7) is 0.473. The highest BCUT2D eigenvalue weighted by Crippen LogP contribution is 2.40. The van der Waals surface area contributed by atoms with E-state index in [0.29, 0.717) is 35.9 Å². The van der Waals surface area contributed by atoms with E-state index in [1.807, 2.05) is 36.4 Å². The van der Waals surface area contributed by atoms with Crippen molar-refractivity contribution in [2.75, 3.05) is 19.8 Å². The van der Waals surface area contributed by atoms with Crippen molar-refractivity contribution < 1.29 is 24.5 Å². The summed E-state index contributed by atoms with van der Waals surface area (Å²) in [6, 6.07) is 20.0. The van der Waals surface area contributed by atoms with Crippen molar-refractivity contribution in [3.05, 3.63) is 93.0 Å². The third kappa shape index (κ3) is 5.62. The van der Waals surface area contributed by atoms with E-state index in [-0.39, 0.29) is 19.3 Å². The van der Waals surface area contributed by atoms with Crippen LogP contribution < -0.4 is 9.47 Å². The number of nitrogens with one attached hydrogen (secondary N) is 1. The van der Waals surface area contributed by atoms with Crippen LogP contribution in [0.1, 0.15) is 29.3 Å². The second kappa shape index (κ2) is 11.1. The van der Waals surface area contributed by atoms with Crippen molar-refractivity contribution in [2.45, 2.75) is 25.0 Å². The third-order valence-corrected chi connectivity index (χ3v) is 7.21. The van der Waals surface area contributed by atoms with Gasteiger partial charge in [0, 0.05) is 39.1 Å². The maximum absolute atomic E-state index is 13.4. The van der Waals surface area contributed by atoms with Gasteiger partial charge in [-0.25, -0.2) is 4.79 Å². The molecule has 1 aliphatic heterocycles. The predicted molar refractivity (Wildman–Crippen MR) is 145 cm³/mol. The molecule has 37 heavy (non-hydrogen) atoms. The minimum Gasteiger partial charge on any atom is -0.493 e. The van der Waals surface area contributed by atoms with Gasteiger partial charge in [0.25, 0.3) is 0 Å². The lowest BCUT2D eigenvalue weighted by Crippen LogP contribution is -2.42. The molecule has 1 amide bonds. The quantitative estimate of drug-likeness (QED) is 0.253. The molecule has 7 nitrogen and oxygen atoms in total. The van der Waals surface area contributed by atoms with Crippen LogP contribution in [0.25, 0.3) is 10.9 Å². The molecule has 0 aliphatic carbocycles. The average Bonchev–Trinajstić information content (AvgIpc) is 3.27. The van der Waals surface area contributed by atoms with Gasteiger partial charge in [-0.1, -0.05) is 39.7 Å². The fraction of sp³-hybridized carbons (Fsp3) is 0.250. The molecule has 3 N–H and O–H groups in total. The summed E-state index contributed by atoms with van der Waals surface area (Å²) in [5.74, 6) is 1.06. The lowest BCUT2D eigenvalue weighted by atomic mass is 9.92. The zero-order valence-corrected chi connectivity index (χ0v) is 22.2. The van der Waals surface area contributed by atoms with Crippen molar-refractivity contribution in [1.82, 2.24) is 9.88 Å². The molecule has 0 unspecified atom stereocenters. The van der Waals surface area contributed by atoms with Gasteiger partial charge in [0.2, 0.25) is 0 Å². The van der Waals surface area contributed by atoms with Crippen molar-refractivity contribution in [3.8, 4) is 11.5 Å². The first-order valence-corrected chi connectivity index (χ1v) is 13.2. The van der Waals surface area contributed by atoms with E-state index in [4.69, 9.17) is 26.2 Å². The fourth-order valence-corrected chi connectivity index (χ4v) is 5.10. The van der Waals surface area contributed by atoms with Gasteiger partial charge >= 0.3 is 6.09 Å². The van der Waals surface area contributed by atoms with Crippen molar-refractivity contribution in [1.29, 1.82) is 0 Å². The van der Waals surface area contributed by atoms with Crippen molar-refractivity contribution in [3.63, 3.8) is 0 Å². The first-order chi connectivity index (χ1) is 17.9. The van der Waals surface area contributed by atoms with E-state index in [1.54, 1.807) is 29.2 Å². The molecule has 0 fully saturated rings. The molecule has 3 aromatic carbocycles. The Morgan fingerprint density at radius 1 is 1.11 bits per heavy atom. The number of H-pyrrole nitrogens is 1. The Labute approximate surface area is 227 Å². The molecule has 2 heterocycles. The number of rotatable bonds is 7. The number of halogens is 2. The van der Waals surface area contributed by atoms with Gasteiger partial charge in [0.1, 0.15) is 17.5 Å². The van der Waals surface area contributed by atoms with Gasteiger partial charge in [-0.15, -0.1) is 0 Å². The number of hydrogen-bond acceptors (Lipinski definition) is 5. The van der Waals surface area contributed by atoms with Crippen LogP contribution in [0.3, 0.4) is 0 Å². The van der Waals surface area contributed by atoms with Gasteiger partial charge in [0.05, 0.1) is 19.3 Å². The number of aromatic amines is 1. The molecular weight excluding hydrogens is 560 g/mol. The highest BCUT2D eigenvalue weighted by Gasteiger charge is 2.35. The number of carbonyl (C=O) groups is 1. The molecule has 4 aromatic rings. The SMILES string of the molecule is O=C(Oc1ccc(Cl)cc1)N1CCc2c([nH]c3ccc(Br)cc23)[C@H]1c1ccc(OCC[C@H](O)CO)cc1. The molecule has 2 atom stereocenters. The maximum Gasteiger partial charge on any atom is 0.416 e. The van der Waals surface area contributed by atoms with Crippen LogP contribution in [-0.4, -0.2) is 52.1 Å². The van der Waals surface area contributed by atoms with E-state index in [9.17, 15) is 9.90 Å². The number of carbonyl (C=O) groups excluding carboxylic acids is 1. The Morgan fingerprint density at radius 3 is 2.57 bits per heavy atom. The van der Waals surface area contributed by atoms with Gasteiger partial charge < -0.3 is 24.7 Å². The number of nitrogens with zero attached hydrogens (tertiary/aromatic N) is 1. The molecule has 9 heteroatoms. The molecule has 0 saturated heterocycles. The first-order valence-electron chi connectivity index (χ1n) is 12.0. The van der Waals surface area contributed by atoms with Crippen LogP contribution in [0.4, 0.5) is 4.79 Å². The molecular formula is C28H26BrClN2O5. The Balaban J connectivity index is 1.46. The molecule has 0 spiro atoms. The van der Waals surface area contributed by atoms with E-state index >= 15 is 0 Å². The Kier molecular flexibility index (Phi) is 7.71. The number of benzene rings is 3. The van der Waals surface area contributed by atoms with E-state index in [2.05, 4.69) is 27.0 Å². The number of amides is 1. The lowest BCUT2D eigenvalue weighted by molar-refractivity contribution is 0.0754. The summed E-state index contributed by atoms with van der Waals surface area (Å²) in [5, 5.41) is 20.2. The Bertz CT molecular complexity index is 1390. The monoisotopic (exact) mass is 584 g/mol. The lowest BCUT2D eigenvalue weighted by Gasteiger charge is -2.35. The predicted octanol–water partition coefficient (Wildman–Crippen LogP) is 5.85. The number of aliphatic hydroxyl groups is 2. The summed E-state index contributed by atoms with van der Waals surface area (Å²) >= 11 is 9.55. The normalized spacial score (nSPS) is 15.9. The highest BCUT2D eigenvalue weighted by molar-refractivity contribution is 9.10. The summed E-state index contributed by atoms with van der Waals surface area (Å²) in [7, 11) is 0. The van der Waals surface area contributed by atoms with E-state index in [0.717, 1.165) is 26.6 Å². The van der Waals surface area contributed by atoms with E-state index in [1.165, 1.54) is 5.56 Å². The highest BCUT2D eigenvalue weighted by atomic mass is 79.9. The van der Waals surface area contributed by atoms with Crippen LogP contribution in [0.5, 0.6) is 11.5 Å². The molecule has 1 aromatic heterocycles. The van der Waals surface area contributed by atoms with Crippen molar-refractivity contribution >= 4 is 44.5 Å². The summed E-state index contributed by atoms with van der Waals surface area (Å²) in [6.07, 6.45) is -0.232. The van der Waals surface area contributed by atoms with E-state index < -0.39 is 12.2 Å². The van der Waals surface area contributed by atoms with Crippen molar-refractivity contribution in [2.24, 2.45) is 0 Å². The number of aromatic nitrogens is 1. The number of fused-ring (bicyclic) bond motifs is 3. The van der Waals surface area contributed by atoms with Gasteiger partial charge in [-0.05, 0) is 72.1 Å². The second-order valence-electron chi connectivity index (χ2n) is 8.92. The second-order valence-corrected chi connectivity index (χ2v) is 10.3. The zero-order chi connectivity index (χ0) is 25.9. The average molecular weight is 586 g/mol. The molecule has 5 rings (SSSR count). The zero-order valence-electron chi connectivity index (χ0n) is 19.9. The third-order valence-electron chi connectivity index (χ3n) is 6.47. The van der Waals surface area contributed by atoms with Gasteiger partial charge in [-0.2, -0.15) is 0 Å². The largest absolute Gasteiger partial charge is 0.493 e. The van der Waals surface area contributed by atoms with Crippen LogP contribution in [0.2, 0.25) is 5.02 Å². The molecule has 192 valence electrons. The smallest absolute Gasteiger partial charge is 0.416 e. The summed E-state index contributed by atoms with van der Waals surface area (Å²) < 4.78 is 12.4. The molecule has 1 aliphatic rings. The Hall–Kier alpha value is -3.04. The summed E-state index contributed by atoms with van der Waals surface area (Å²) in [4.78, 5) is 18.7. The maximum atomic E-state index is 13.4. The Morgan fingerprint density at radius 2 is 1.84 bits per heavy atom. The standard InChI is InChI=1S/C28H26BrClN2O5/c29-18-3-10-25-24(15-18)23-11-13-32(28(35)37-22-8-4-19(30)5-9-22)27(26(23)31-25)17-1-6-21(7-2-17)36-14-12-20(34)16-33/h1-10,15,20,27,31,33-34H,11-14,16H2/t20-,27+/m0/s1. The summed E-state index contributed by atoms with van der Waals surface area (Å²) in [5.41, 5.74) is 4.04. The van der Waals surface area contributed by atoms with Crippen LogP contribution in [0, 0.1) is 0 Å². The molecule has 0 bridgehead atoms. The minimum absolute atomic E-state index is 0.283. The topological polar surface area (TPSA) is 95.0 Å². The first kappa shape index (κ1) is 25.6. The van der Waals surface area contributed by atoms with Gasteiger partial charge in [0.15, 0.2) is 0 Å². The van der Waals surface area contributed by atoms with Crippen LogP contribution in [0.15, 0.2) is 71.2 Å². The number of ether oxygens (including phenoxy) is 2. The fourth-order valence-electron chi connectivity index (χ4n) is 4.62. The minimum atomic E-state index is -0.804. The molecule has 0 radical (unpaired) electrons. The van der Waals surface area contributed by atoms with Gasteiger partial charge in [-0.3, -0.25) is 4.90 Å². The molecule has 0 saturated carbocycles. The number of hydrogen-bond donors (Lipinski definition) is 3. The van der Waals surface area contributed by atoms with Crippen LogP contribution >= 0.6 is 27.5 Å². The van der Waals surface area contributed by atoms with Crippen LogP contribution in [-0.2, 0) is 6.42 Å². The number of aliphatic hydroxyl groups excluding tert-OH is 2.